The number of carboxylic acid groups (broad SMARTS) is 1. The summed E-state index contributed by atoms with van der Waals surface area (Å²) < 4.78 is 28.4. The fraction of sp³-hybridized carbons (Fsp3) is 0.864. The van der Waals surface area contributed by atoms with Crippen LogP contribution in [-0.4, -0.2) is 89.2 Å². The van der Waals surface area contributed by atoms with E-state index in [0.29, 0.717) is 19.3 Å². The lowest BCUT2D eigenvalue weighted by molar-refractivity contribution is -0.301. The summed E-state index contributed by atoms with van der Waals surface area (Å²) in [5.74, 6) is -3.11. The van der Waals surface area contributed by atoms with E-state index in [1.807, 2.05) is 0 Å². The molecule has 0 aliphatic carbocycles. The van der Waals surface area contributed by atoms with Crippen LogP contribution in [0, 0.1) is 0 Å². The van der Waals surface area contributed by atoms with Crippen molar-refractivity contribution in [3.8, 4) is 0 Å². The lowest BCUT2D eigenvalue weighted by Crippen LogP contribution is -2.61. The number of aliphatic carboxylic acids is 1. The molecule has 71 heavy (non-hydrogen) atoms. The highest BCUT2D eigenvalue weighted by Gasteiger charge is 2.50. The van der Waals surface area contributed by atoms with Crippen molar-refractivity contribution < 1.29 is 58.2 Å². The van der Waals surface area contributed by atoms with Gasteiger partial charge in [0, 0.05) is 19.3 Å². The summed E-state index contributed by atoms with van der Waals surface area (Å²) in [5, 5.41) is 31.4. The van der Waals surface area contributed by atoms with Gasteiger partial charge in [-0.15, -0.1) is 0 Å². The normalized spacial score (nSPS) is 18.6. The first kappa shape index (κ1) is 66.2. The second kappa shape index (κ2) is 48.2. The van der Waals surface area contributed by atoms with E-state index in [-0.39, 0.29) is 25.9 Å². The van der Waals surface area contributed by atoms with Gasteiger partial charge in [0.15, 0.2) is 24.6 Å². The van der Waals surface area contributed by atoms with Crippen LogP contribution >= 0.6 is 0 Å². The Morgan fingerprint density at radius 2 is 0.845 bits per heavy atom. The van der Waals surface area contributed by atoms with Gasteiger partial charge >= 0.3 is 23.9 Å². The number of rotatable bonds is 50. The summed E-state index contributed by atoms with van der Waals surface area (Å²) in [6.45, 7) is 5.97. The summed E-state index contributed by atoms with van der Waals surface area (Å²) in [6, 6.07) is 0. The molecule has 1 saturated heterocycles. The number of aliphatic hydroxyl groups excluding tert-OH is 2. The second-order valence-corrected chi connectivity index (χ2v) is 20.3. The fourth-order valence-electron chi connectivity index (χ4n) is 8.99. The van der Waals surface area contributed by atoms with Gasteiger partial charge in [-0.2, -0.15) is 0 Å². The van der Waals surface area contributed by atoms with E-state index < -0.39 is 67.3 Å². The van der Waals surface area contributed by atoms with Crippen LogP contribution in [0.4, 0.5) is 0 Å². The van der Waals surface area contributed by atoms with Crippen molar-refractivity contribution in [1.82, 2.24) is 0 Å². The second-order valence-electron chi connectivity index (χ2n) is 20.3. The summed E-state index contributed by atoms with van der Waals surface area (Å²) in [6.07, 6.45) is 41.5. The Hall–Kier alpha value is -2.80. The average Bonchev–Trinajstić information content (AvgIpc) is 3.35. The Balaban J connectivity index is 2.68. The SMILES string of the molecule is CCCCC/C=C\C/C=C\CCCCCCCC(=O)OC1C(OCC(COC(=O)CCCCCCCCCCCCCCCCC)OC(=O)CCCCCCCCCCCCC)OC(C(=O)O)C(O)C1O. The number of aliphatic hydroxyl groups is 2. The predicted molar refractivity (Wildman–Crippen MR) is 285 cm³/mol. The molecule has 1 rings (SSSR count). The van der Waals surface area contributed by atoms with Gasteiger partial charge < -0.3 is 39.0 Å². The Labute approximate surface area is 432 Å². The van der Waals surface area contributed by atoms with Gasteiger partial charge in [-0.25, -0.2) is 4.79 Å². The van der Waals surface area contributed by atoms with Crippen LogP contribution in [0.5, 0.6) is 0 Å². The molecule has 0 aromatic carbocycles. The number of carboxylic acids is 1. The Kier molecular flexibility index (Phi) is 44.9. The molecule has 1 fully saturated rings. The number of hydrogen-bond acceptors (Lipinski definition) is 11. The lowest BCUT2D eigenvalue weighted by Gasteiger charge is -2.40. The highest BCUT2D eigenvalue weighted by atomic mass is 16.7. The third-order valence-electron chi connectivity index (χ3n) is 13.5. The molecule has 0 radical (unpaired) electrons. The van der Waals surface area contributed by atoms with Crippen molar-refractivity contribution in [3.05, 3.63) is 24.3 Å². The zero-order valence-corrected chi connectivity index (χ0v) is 45.5. The molecular formula is C59H106O12. The molecule has 3 N–H and O–H groups in total. The van der Waals surface area contributed by atoms with Gasteiger partial charge in [-0.1, -0.05) is 231 Å². The van der Waals surface area contributed by atoms with Gasteiger partial charge in [0.2, 0.25) is 0 Å². The minimum atomic E-state index is -1.90. The Morgan fingerprint density at radius 1 is 0.465 bits per heavy atom. The zero-order valence-electron chi connectivity index (χ0n) is 45.5. The number of allylic oxidation sites excluding steroid dienone is 4. The molecule has 0 saturated carbocycles. The van der Waals surface area contributed by atoms with Crippen molar-refractivity contribution in [2.75, 3.05) is 13.2 Å². The molecule has 0 spiro atoms. The molecule has 12 nitrogen and oxygen atoms in total. The third kappa shape index (κ3) is 38.4. The highest BCUT2D eigenvalue weighted by Crippen LogP contribution is 2.26. The Bertz CT molecular complexity index is 1340. The van der Waals surface area contributed by atoms with Crippen molar-refractivity contribution >= 4 is 23.9 Å². The number of unbranched alkanes of at least 4 members (excludes halogenated alkanes) is 32. The van der Waals surface area contributed by atoms with Gasteiger partial charge in [0.25, 0.3) is 0 Å². The van der Waals surface area contributed by atoms with Crippen LogP contribution in [0.3, 0.4) is 0 Å². The van der Waals surface area contributed by atoms with E-state index >= 15 is 0 Å². The zero-order chi connectivity index (χ0) is 51.8. The van der Waals surface area contributed by atoms with E-state index in [2.05, 4.69) is 45.1 Å². The molecule has 1 aliphatic heterocycles. The molecule has 414 valence electrons. The molecule has 0 aromatic rings. The van der Waals surface area contributed by atoms with Crippen LogP contribution in [0.1, 0.15) is 278 Å². The van der Waals surface area contributed by atoms with E-state index in [0.717, 1.165) is 83.5 Å². The van der Waals surface area contributed by atoms with Crippen LogP contribution in [0.25, 0.3) is 0 Å². The number of carbonyl (C=O) groups excluding carboxylic acids is 3. The molecule has 12 heteroatoms. The molecule has 0 bridgehead atoms. The average molecular weight is 1010 g/mol. The van der Waals surface area contributed by atoms with Crippen molar-refractivity contribution in [2.45, 2.75) is 314 Å². The van der Waals surface area contributed by atoms with Crippen LogP contribution in [0.15, 0.2) is 24.3 Å². The summed E-state index contributed by atoms with van der Waals surface area (Å²) in [4.78, 5) is 51.0. The van der Waals surface area contributed by atoms with Crippen molar-refractivity contribution in [2.24, 2.45) is 0 Å². The topological polar surface area (TPSA) is 175 Å². The smallest absolute Gasteiger partial charge is 0.335 e. The summed E-state index contributed by atoms with van der Waals surface area (Å²) in [7, 11) is 0. The van der Waals surface area contributed by atoms with Crippen molar-refractivity contribution in [1.29, 1.82) is 0 Å². The van der Waals surface area contributed by atoms with Gasteiger partial charge in [-0.3, -0.25) is 14.4 Å². The van der Waals surface area contributed by atoms with Crippen LogP contribution < -0.4 is 0 Å². The minimum absolute atomic E-state index is 0.0491. The monoisotopic (exact) mass is 1010 g/mol. The van der Waals surface area contributed by atoms with Crippen LogP contribution in [0.2, 0.25) is 0 Å². The van der Waals surface area contributed by atoms with Crippen LogP contribution in [-0.2, 0) is 42.9 Å². The lowest BCUT2D eigenvalue weighted by atomic mass is 9.98. The molecular weight excluding hydrogens is 901 g/mol. The third-order valence-corrected chi connectivity index (χ3v) is 13.5. The largest absolute Gasteiger partial charge is 0.479 e. The standard InChI is InChI=1S/C59H106O12/c1-4-7-10-13-16-19-22-24-26-28-31-33-36-39-42-45-51(60)67-48-50(69-52(61)46-43-40-37-34-30-21-18-15-12-9-6-3)49-68-59-57(55(64)54(63)56(71-59)58(65)66)70-53(62)47-44-41-38-35-32-29-27-25-23-20-17-14-11-8-5-2/h17,20,25,27,50,54-57,59,63-64H,4-16,18-19,21-24,26,28-49H2,1-3H3,(H,65,66)/b20-17-,27-25-. The van der Waals surface area contributed by atoms with Crippen molar-refractivity contribution in [3.63, 3.8) is 0 Å². The molecule has 6 unspecified atom stereocenters. The quantitative estimate of drug-likeness (QED) is 0.0228. The maximum absolute atomic E-state index is 13.1. The van der Waals surface area contributed by atoms with E-state index in [4.69, 9.17) is 23.7 Å². The van der Waals surface area contributed by atoms with Gasteiger partial charge in [0.05, 0.1) is 6.61 Å². The van der Waals surface area contributed by atoms with E-state index in [9.17, 15) is 34.5 Å². The molecule has 1 heterocycles. The highest BCUT2D eigenvalue weighted by molar-refractivity contribution is 5.74. The van der Waals surface area contributed by atoms with E-state index in [1.165, 1.54) is 135 Å². The Morgan fingerprint density at radius 3 is 1.30 bits per heavy atom. The summed E-state index contributed by atoms with van der Waals surface area (Å²) in [5.41, 5.74) is 0. The molecule has 0 aromatic heterocycles. The number of esters is 3. The first-order chi connectivity index (χ1) is 34.6. The number of carbonyl (C=O) groups is 4. The number of hydrogen-bond donors (Lipinski definition) is 3. The van der Waals surface area contributed by atoms with Gasteiger partial charge in [0.1, 0.15) is 18.8 Å². The predicted octanol–water partition coefficient (Wildman–Crippen LogP) is 14.7. The van der Waals surface area contributed by atoms with Gasteiger partial charge in [-0.05, 0) is 51.4 Å². The number of ether oxygens (including phenoxy) is 5. The molecule has 1 aliphatic rings. The summed E-state index contributed by atoms with van der Waals surface area (Å²) >= 11 is 0. The molecule has 0 amide bonds. The fourth-order valence-corrected chi connectivity index (χ4v) is 8.99. The minimum Gasteiger partial charge on any atom is -0.479 e. The van der Waals surface area contributed by atoms with E-state index in [1.54, 1.807) is 0 Å². The first-order valence-corrected chi connectivity index (χ1v) is 29.3. The molecule has 6 atom stereocenters. The maximum atomic E-state index is 13.1. The first-order valence-electron chi connectivity index (χ1n) is 29.3. The maximum Gasteiger partial charge on any atom is 0.335 e.